The molecule has 0 radical (unpaired) electrons. The first-order valence-corrected chi connectivity index (χ1v) is 15.1. The van der Waals surface area contributed by atoms with E-state index in [4.69, 9.17) is 23.7 Å². The maximum atomic E-state index is 6.71. The highest BCUT2D eigenvalue weighted by molar-refractivity contribution is 7.16. The summed E-state index contributed by atoms with van der Waals surface area (Å²) in [5.74, 6) is 0. The van der Waals surface area contributed by atoms with Gasteiger partial charge >= 0.3 is 0 Å². The zero-order chi connectivity index (χ0) is 28.1. The zero-order valence-electron chi connectivity index (χ0n) is 23.3. The summed E-state index contributed by atoms with van der Waals surface area (Å²) >= 11 is 0. The van der Waals surface area contributed by atoms with Crippen LogP contribution in [-0.4, -0.2) is 36.9 Å². The van der Waals surface area contributed by atoms with Crippen LogP contribution >= 0.6 is 9.24 Å². The van der Waals surface area contributed by atoms with Gasteiger partial charge in [0.05, 0.1) is 32.5 Å². The largest absolute Gasteiger partial charge is 0.368 e. The Hall–Kier alpha value is -2.89. The fourth-order valence-corrected chi connectivity index (χ4v) is 5.36. The van der Waals surface area contributed by atoms with Crippen molar-refractivity contribution in [2.75, 3.05) is 6.16 Å². The summed E-state index contributed by atoms with van der Waals surface area (Å²) in [4.78, 5) is 0. The van der Waals surface area contributed by atoms with Crippen molar-refractivity contribution in [3.63, 3.8) is 0 Å². The number of ether oxygens (including phenoxy) is 5. The van der Waals surface area contributed by atoms with E-state index in [-0.39, 0.29) is 12.2 Å². The monoisotopic (exact) mass is 570 g/mol. The van der Waals surface area contributed by atoms with Gasteiger partial charge in [-0.3, -0.25) is 0 Å². The van der Waals surface area contributed by atoms with Crippen LogP contribution in [0, 0.1) is 0 Å². The van der Waals surface area contributed by atoms with E-state index in [1.54, 1.807) is 0 Å². The minimum absolute atomic E-state index is 0.227. The van der Waals surface area contributed by atoms with E-state index in [0.29, 0.717) is 26.4 Å². The quantitative estimate of drug-likeness (QED) is 0.154. The number of benzene rings is 4. The standard InChI is InChI=1S/C35H39O5P/c41-22-21-31-32(36-23-27-13-5-1-6-14-27)33(37-24-28-15-7-2-8-16-28)34(38-25-29-17-9-3-10-18-29)35(40-31)39-26-30-19-11-4-12-20-30/h1-20,31-35H,21-26,41H2/t31-,32-,33+,34+,35?/m1/s1. The first-order valence-electron chi connectivity index (χ1n) is 14.3. The van der Waals surface area contributed by atoms with E-state index in [1.165, 1.54) is 0 Å². The van der Waals surface area contributed by atoms with E-state index in [1.807, 2.05) is 72.8 Å². The molecule has 1 saturated heterocycles. The van der Waals surface area contributed by atoms with E-state index < -0.39 is 18.5 Å². The Balaban J connectivity index is 1.43. The topological polar surface area (TPSA) is 46.2 Å². The Kier molecular flexibility index (Phi) is 11.5. The van der Waals surface area contributed by atoms with E-state index in [2.05, 4.69) is 57.8 Å². The molecule has 6 atom stereocenters. The third-order valence-corrected chi connectivity index (χ3v) is 7.49. The molecule has 0 N–H and O–H groups in total. The lowest BCUT2D eigenvalue weighted by atomic mass is 9.96. The molecular formula is C35H39O5P. The maximum Gasteiger partial charge on any atom is 0.187 e. The van der Waals surface area contributed by atoms with Gasteiger partial charge in [0.1, 0.15) is 18.3 Å². The van der Waals surface area contributed by atoms with Crippen molar-refractivity contribution in [3.05, 3.63) is 144 Å². The van der Waals surface area contributed by atoms with Crippen LogP contribution in [0.1, 0.15) is 28.7 Å². The molecular weight excluding hydrogens is 531 g/mol. The van der Waals surface area contributed by atoms with Gasteiger partial charge in [-0.1, -0.05) is 121 Å². The van der Waals surface area contributed by atoms with Crippen molar-refractivity contribution >= 4 is 9.24 Å². The molecule has 214 valence electrons. The van der Waals surface area contributed by atoms with Crippen LogP contribution in [0.5, 0.6) is 0 Å². The molecule has 0 saturated carbocycles. The highest BCUT2D eigenvalue weighted by atomic mass is 31.0. The van der Waals surface area contributed by atoms with Crippen molar-refractivity contribution in [1.29, 1.82) is 0 Å². The minimum atomic E-state index is -0.627. The van der Waals surface area contributed by atoms with Gasteiger partial charge in [0, 0.05) is 0 Å². The average molecular weight is 571 g/mol. The van der Waals surface area contributed by atoms with E-state index in [0.717, 1.165) is 34.8 Å². The lowest BCUT2D eigenvalue weighted by molar-refractivity contribution is -0.325. The molecule has 4 aromatic rings. The highest BCUT2D eigenvalue weighted by Gasteiger charge is 2.48. The van der Waals surface area contributed by atoms with Gasteiger partial charge in [0.15, 0.2) is 6.29 Å². The van der Waals surface area contributed by atoms with Crippen LogP contribution in [0.2, 0.25) is 0 Å². The molecule has 0 bridgehead atoms. The molecule has 6 heteroatoms. The van der Waals surface area contributed by atoms with E-state index in [9.17, 15) is 0 Å². The van der Waals surface area contributed by atoms with Crippen molar-refractivity contribution < 1.29 is 23.7 Å². The second kappa shape index (κ2) is 15.9. The molecule has 1 aliphatic rings. The van der Waals surface area contributed by atoms with Crippen LogP contribution in [-0.2, 0) is 50.1 Å². The first kappa shape index (κ1) is 29.6. The number of hydrogen-bond donors (Lipinski definition) is 0. The Morgan fingerprint density at radius 1 is 0.463 bits per heavy atom. The normalized spacial score (nSPS) is 22.4. The zero-order valence-corrected chi connectivity index (χ0v) is 24.4. The summed E-state index contributed by atoms with van der Waals surface area (Å²) in [5, 5.41) is 0. The van der Waals surface area contributed by atoms with Gasteiger partial charge in [-0.15, -0.1) is 9.24 Å². The minimum Gasteiger partial charge on any atom is -0.368 e. The summed E-state index contributed by atoms with van der Waals surface area (Å²) in [6.07, 6.45) is -0.486. The van der Waals surface area contributed by atoms with Crippen LogP contribution in [0.4, 0.5) is 0 Å². The highest BCUT2D eigenvalue weighted by Crippen LogP contribution is 2.33. The Labute approximate surface area is 246 Å². The smallest absolute Gasteiger partial charge is 0.187 e. The number of hydrogen-bond acceptors (Lipinski definition) is 5. The molecule has 4 aromatic carbocycles. The molecule has 1 aliphatic heterocycles. The molecule has 41 heavy (non-hydrogen) atoms. The van der Waals surface area contributed by atoms with Crippen LogP contribution < -0.4 is 0 Å². The molecule has 0 spiro atoms. The molecule has 2 unspecified atom stereocenters. The number of rotatable bonds is 14. The second-order valence-corrected chi connectivity index (χ2v) is 10.8. The maximum absolute atomic E-state index is 6.71. The molecule has 0 aliphatic carbocycles. The fourth-order valence-electron chi connectivity index (χ4n) is 5.03. The van der Waals surface area contributed by atoms with Gasteiger partial charge in [-0.2, -0.15) is 0 Å². The third kappa shape index (κ3) is 8.80. The van der Waals surface area contributed by atoms with Crippen molar-refractivity contribution in [1.82, 2.24) is 0 Å². The Morgan fingerprint density at radius 3 is 1.24 bits per heavy atom. The van der Waals surface area contributed by atoms with Gasteiger partial charge < -0.3 is 23.7 Å². The lowest BCUT2D eigenvalue weighted by Crippen LogP contribution is -2.60. The Morgan fingerprint density at radius 2 is 0.829 bits per heavy atom. The molecule has 5 nitrogen and oxygen atoms in total. The third-order valence-electron chi connectivity index (χ3n) is 7.16. The van der Waals surface area contributed by atoms with Crippen molar-refractivity contribution in [2.24, 2.45) is 0 Å². The summed E-state index contributed by atoms with van der Waals surface area (Å²) < 4.78 is 33.1. The summed E-state index contributed by atoms with van der Waals surface area (Å²) in [6, 6.07) is 40.7. The van der Waals surface area contributed by atoms with E-state index >= 15 is 0 Å². The van der Waals surface area contributed by atoms with Crippen molar-refractivity contribution in [3.8, 4) is 0 Å². The first-order chi connectivity index (χ1) is 20.3. The fraction of sp³-hybridized carbons (Fsp3) is 0.314. The molecule has 1 heterocycles. The Bertz CT molecular complexity index is 1260. The van der Waals surface area contributed by atoms with Gasteiger partial charge in [-0.05, 0) is 34.8 Å². The summed E-state index contributed by atoms with van der Waals surface area (Å²) in [6.45, 7) is 1.70. The molecule has 0 aromatic heterocycles. The average Bonchev–Trinajstić information content (AvgIpc) is 3.03. The van der Waals surface area contributed by atoms with Crippen LogP contribution in [0.3, 0.4) is 0 Å². The lowest BCUT2D eigenvalue weighted by Gasteiger charge is -2.46. The van der Waals surface area contributed by atoms with Gasteiger partial charge in [0.2, 0.25) is 0 Å². The van der Waals surface area contributed by atoms with Crippen molar-refractivity contribution in [2.45, 2.75) is 63.6 Å². The predicted octanol–water partition coefficient (Wildman–Crippen LogP) is 6.95. The summed E-state index contributed by atoms with van der Waals surface area (Å²) in [5.41, 5.74) is 4.34. The predicted molar refractivity (Wildman–Crippen MR) is 164 cm³/mol. The molecule has 5 rings (SSSR count). The van der Waals surface area contributed by atoms with Gasteiger partial charge in [0.25, 0.3) is 0 Å². The SMILES string of the molecule is PCC[C@H]1OC(OCc2ccccc2)[C@@H](OCc2ccccc2)[C@@H](OCc2ccccc2)[C@@H]1OCc1ccccc1. The van der Waals surface area contributed by atoms with Gasteiger partial charge in [-0.25, -0.2) is 0 Å². The van der Waals surface area contributed by atoms with Crippen LogP contribution in [0.25, 0.3) is 0 Å². The summed E-state index contributed by atoms with van der Waals surface area (Å²) in [7, 11) is 2.81. The molecule has 1 fully saturated rings. The van der Waals surface area contributed by atoms with Crippen LogP contribution in [0.15, 0.2) is 121 Å². The molecule has 0 amide bonds. The second-order valence-electron chi connectivity index (χ2n) is 10.2.